The minimum absolute atomic E-state index is 0.664. The van der Waals surface area contributed by atoms with Crippen LogP contribution in [0.3, 0.4) is 0 Å². The molecule has 3 nitrogen and oxygen atoms in total. The van der Waals surface area contributed by atoms with Gasteiger partial charge in [0.05, 0.1) is 0 Å². The van der Waals surface area contributed by atoms with Gasteiger partial charge < -0.3 is 0 Å². The molecular formula is C51H29N3S3. The first-order chi connectivity index (χ1) is 28.2. The first kappa shape index (κ1) is 32.7. The van der Waals surface area contributed by atoms with Crippen molar-refractivity contribution in [3.63, 3.8) is 0 Å². The number of nitrogens with zero attached hydrogens (tertiary/aromatic N) is 3. The summed E-state index contributed by atoms with van der Waals surface area (Å²) in [5.74, 6) is 1.99. The second kappa shape index (κ2) is 13.0. The first-order valence-electron chi connectivity index (χ1n) is 18.9. The molecule has 0 fully saturated rings. The lowest BCUT2D eigenvalue weighted by Gasteiger charge is -2.12. The van der Waals surface area contributed by atoms with Crippen LogP contribution in [-0.2, 0) is 0 Å². The van der Waals surface area contributed by atoms with Crippen molar-refractivity contribution in [2.75, 3.05) is 0 Å². The van der Waals surface area contributed by atoms with E-state index in [9.17, 15) is 0 Å². The highest BCUT2D eigenvalue weighted by Crippen LogP contribution is 2.49. The van der Waals surface area contributed by atoms with Crippen LogP contribution in [0.1, 0.15) is 0 Å². The largest absolute Gasteiger partial charge is 0.208 e. The summed E-state index contributed by atoms with van der Waals surface area (Å²) in [7, 11) is 0. The van der Waals surface area contributed by atoms with E-state index >= 15 is 0 Å². The van der Waals surface area contributed by atoms with Crippen LogP contribution in [0, 0.1) is 0 Å². The van der Waals surface area contributed by atoms with Gasteiger partial charge in [-0.25, -0.2) is 15.0 Å². The summed E-state index contributed by atoms with van der Waals surface area (Å²) < 4.78 is 7.74. The number of fused-ring (bicyclic) bond motifs is 9. The Balaban J connectivity index is 1.06. The van der Waals surface area contributed by atoms with Gasteiger partial charge in [-0.3, -0.25) is 0 Å². The number of rotatable bonds is 5. The molecular weight excluding hydrogens is 751 g/mol. The zero-order valence-corrected chi connectivity index (χ0v) is 32.8. The molecule has 266 valence electrons. The van der Waals surface area contributed by atoms with Gasteiger partial charge >= 0.3 is 0 Å². The van der Waals surface area contributed by atoms with Gasteiger partial charge in [-0.15, -0.1) is 34.0 Å². The summed E-state index contributed by atoms with van der Waals surface area (Å²) in [6.07, 6.45) is 0. The summed E-state index contributed by atoms with van der Waals surface area (Å²) in [4.78, 5) is 15.0. The van der Waals surface area contributed by atoms with Gasteiger partial charge in [-0.05, 0) is 53.1 Å². The summed E-state index contributed by atoms with van der Waals surface area (Å²) in [6, 6.07) is 63.1. The molecule has 0 spiro atoms. The Morgan fingerprint density at radius 1 is 0.281 bits per heavy atom. The summed E-state index contributed by atoms with van der Waals surface area (Å²) in [6.45, 7) is 0. The first-order valence-corrected chi connectivity index (χ1v) is 21.4. The van der Waals surface area contributed by atoms with Crippen molar-refractivity contribution in [2.24, 2.45) is 0 Å². The highest BCUT2D eigenvalue weighted by Gasteiger charge is 2.20. The quantitative estimate of drug-likeness (QED) is 0.175. The Bertz CT molecular complexity index is 3470. The average molecular weight is 780 g/mol. The zero-order chi connectivity index (χ0) is 37.5. The Kier molecular flexibility index (Phi) is 7.45. The number of hydrogen-bond acceptors (Lipinski definition) is 6. The molecule has 0 atom stereocenters. The number of hydrogen-bond donors (Lipinski definition) is 0. The molecule has 0 bridgehead atoms. The fourth-order valence-electron chi connectivity index (χ4n) is 8.32. The Morgan fingerprint density at radius 3 is 1.56 bits per heavy atom. The minimum atomic E-state index is 0.664. The maximum atomic E-state index is 5.03. The fourth-order valence-corrected chi connectivity index (χ4v) is 11.9. The molecule has 0 aliphatic heterocycles. The summed E-state index contributed by atoms with van der Waals surface area (Å²) in [5, 5.41) is 7.80. The van der Waals surface area contributed by atoms with Crippen LogP contribution in [0.15, 0.2) is 176 Å². The lowest BCUT2D eigenvalue weighted by Crippen LogP contribution is -1.99. The minimum Gasteiger partial charge on any atom is -0.208 e. The molecule has 4 heterocycles. The Morgan fingerprint density at radius 2 is 0.807 bits per heavy atom. The molecule has 8 aromatic carbocycles. The lowest BCUT2D eigenvalue weighted by atomic mass is 9.92. The zero-order valence-electron chi connectivity index (χ0n) is 30.3. The molecule has 0 saturated carbocycles. The Labute approximate surface area is 339 Å². The van der Waals surface area contributed by atoms with E-state index in [1.54, 1.807) is 0 Å². The van der Waals surface area contributed by atoms with Crippen LogP contribution in [0.4, 0.5) is 0 Å². The van der Waals surface area contributed by atoms with E-state index in [4.69, 9.17) is 15.0 Å². The van der Waals surface area contributed by atoms with Crippen LogP contribution in [0.2, 0.25) is 0 Å². The van der Waals surface area contributed by atoms with Crippen molar-refractivity contribution < 1.29 is 0 Å². The van der Waals surface area contributed by atoms with Gasteiger partial charge in [0.15, 0.2) is 17.5 Å². The SMILES string of the molecule is c1ccc(-c2nc(-c3ccccc3)nc(-c3ccc4c(c3)sc3cccc(-c5cc(-c6cccc7c6sc6ccccc67)c6c(c5)sc5ccccc56)c34)n2)cc1. The van der Waals surface area contributed by atoms with Crippen LogP contribution >= 0.6 is 34.0 Å². The third-order valence-electron chi connectivity index (χ3n) is 10.9. The van der Waals surface area contributed by atoms with Gasteiger partial charge in [-0.2, -0.15) is 0 Å². The molecule has 0 radical (unpaired) electrons. The maximum absolute atomic E-state index is 5.03. The predicted molar refractivity (Wildman–Crippen MR) is 246 cm³/mol. The second-order valence-corrected chi connectivity index (χ2v) is 17.5. The standard InChI is InChI=1S/C51H29N3S3/c1-3-13-30(14-4-1)49-52-50(31-15-5-2-6-16-31)54-51(53-49)32-25-26-39-44(28-32)56-43-24-12-19-34(46(39)43)33-27-40(47-38-18-8-10-23-42(38)55-45(47)29-33)37-21-11-20-36-35-17-7-9-22-41(35)57-48(36)37/h1-29H. The maximum Gasteiger partial charge on any atom is 0.164 e. The van der Waals surface area contributed by atoms with Gasteiger partial charge in [0.2, 0.25) is 0 Å². The molecule has 0 N–H and O–H groups in total. The Hall–Kier alpha value is -6.57. The molecule has 0 amide bonds. The number of aromatic nitrogens is 3. The molecule has 0 saturated heterocycles. The highest BCUT2D eigenvalue weighted by atomic mass is 32.1. The van der Waals surface area contributed by atoms with Crippen molar-refractivity contribution in [3.05, 3.63) is 176 Å². The third kappa shape index (κ3) is 5.33. The summed E-state index contributed by atoms with van der Waals surface area (Å²) >= 11 is 5.61. The molecule has 0 aliphatic carbocycles. The third-order valence-corrected chi connectivity index (χ3v) is 14.4. The monoisotopic (exact) mass is 779 g/mol. The predicted octanol–water partition coefficient (Wildman–Crippen LogP) is 15.3. The van der Waals surface area contributed by atoms with Gasteiger partial charge in [-0.1, -0.05) is 140 Å². The molecule has 12 rings (SSSR count). The van der Waals surface area contributed by atoms with Gasteiger partial charge in [0, 0.05) is 82.8 Å². The molecule has 12 aromatic rings. The van der Waals surface area contributed by atoms with E-state index < -0.39 is 0 Å². The van der Waals surface area contributed by atoms with E-state index in [1.807, 2.05) is 70.4 Å². The smallest absolute Gasteiger partial charge is 0.164 e. The van der Waals surface area contributed by atoms with Crippen LogP contribution in [0.5, 0.6) is 0 Å². The van der Waals surface area contributed by atoms with Crippen molar-refractivity contribution in [2.45, 2.75) is 0 Å². The molecule has 0 unspecified atom stereocenters. The molecule has 4 aromatic heterocycles. The van der Waals surface area contributed by atoms with Crippen molar-refractivity contribution >= 4 is 94.5 Å². The van der Waals surface area contributed by atoms with E-state index in [-0.39, 0.29) is 0 Å². The fraction of sp³-hybridized carbons (Fsp3) is 0. The number of thiophene rings is 3. The van der Waals surface area contributed by atoms with E-state index in [2.05, 4.69) is 140 Å². The molecule has 0 aliphatic rings. The topological polar surface area (TPSA) is 38.7 Å². The highest BCUT2D eigenvalue weighted by molar-refractivity contribution is 7.27. The number of benzene rings is 8. The average Bonchev–Trinajstić information content (AvgIpc) is 3.97. The summed E-state index contributed by atoms with van der Waals surface area (Å²) in [5.41, 5.74) is 7.95. The van der Waals surface area contributed by atoms with Gasteiger partial charge in [0.1, 0.15) is 0 Å². The van der Waals surface area contributed by atoms with Crippen LogP contribution in [-0.4, -0.2) is 15.0 Å². The van der Waals surface area contributed by atoms with Crippen molar-refractivity contribution in [3.8, 4) is 56.4 Å². The van der Waals surface area contributed by atoms with E-state index in [0.717, 1.165) is 16.7 Å². The van der Waals surface area contributed by atoms with Gasteiger partial charge in [0.25, 0.3) is 0 Å². The van der Waals surface area contributed by atoms with E-state index in [0.29, 0.717) is 17.5 Å². The second-order valence-electron chi connectivity index (χ2n) is 14.3. The lowest BCUT2D eigenvalue weighted by molar-refractivity contribution is 1.07. The molecule has 6 heteroatoms. The normalized spacial score (nSPS) is 11.9. The van der Waals surface area contributed by atoms with Crippen molar-refractivity contribution in [1.29, 1.82) is 0 Å². The molecule has 57 heavy (non-hydrogen) atoms. The van der Waals surface area contributed by atoms with Crippen LogP contribution < -0.4 is 0 Å². The van der Waals surface area contributed by atoms with Crippen LogP contribution in [0.25, 0.3) is 117 Å². The van der Waals surface area contributed by atoms with E-state index in [1.165, 1.54) is 82.8 Å². The van der Waals surface area contributed by atoms with Crippen molar-refractivity contribution in [1.82, 2.24) is 15.0 Å².